The maximum atomic E-state index is 11.2. The van der Waals surface area contributed by atoms with E-state index in [1.807, 2.05) is 0 Å². The lowest BCUT2D eigenvalue weighted by Crippen LogP contribution is -2.36. The van der Waals surface area contributed by atoms with Crippen LogP contribution in [0, 0.1) is 5.92 Å². The molecule has 0 bridgehead atoms. The molecular weight excluding hydrogens is 178 g/mol. The molecule has 0 spiro atoms. The monoisotopic (exact) mass is 199 g/mol. The lowest BCUT2D eigenvalue weighted by Gasteiger charge is -2.13. The van der Waals surface area contributed by atoms with Crippen LogP contribution in [0.3, 0.4) is 0 Å². The van der Waals surface area contributed by atoms with E-state index in [1.165, 1.54) is 20.0 Å². The first-order valence-corrected chi connectivity index (χ1v) is 5.47. The van der Waals surface area contributed by atoms with Crippen LogP contribution >= 0.6 is 0 Å². The van der Waals surface area contributed by atoms with Gasteiger partial charge in [-0.3, -0.25) is 4.79 Å². The summed E-state index contributed by atoms with van der Waals surface area (Å²) in [5.74, 6) is 0.631. The molecule has 0 saturated carbocycles. The molecular formula is C11H21NO2. The molecule has 1 rings (SSSR count). The van der Waals surface area contributed by atoms with Crippen molar-refractivity contribution in [2.75, 3.05) is 7.11 Å². The Morgan fingerprint density at radius 1 is 1.50 bits per heavy atom. The van der Waals surface area contributed by atoms with E-state index in [4.69, 9.17) is 4.74 Å². The third kappa shape index (κ3) is 3.29. The minimum Gasteiger partial charge on any atom is -0.468 e. The van der Waals surface area contributed by atoms with Crippen molar-refractivity contribution >= 4 is 5.97 Å². The molecule has 0 aliphatic carbocycles. The third-order valence-electron chi connectivity index (χ3n) is 2.82. The molecule has 1 saturated heterocycles. The second-order valence-electron chi connectivity index (χ2n) is 4.49. The van der Waals surface area contributed by atoms with Crippen molar-refractivity contribution in [3.8, 4) is 0 Å². The Kier molecular flexibility index (Phi) is 4.39. The topological polar surface area (TPSA) is 38.3 Å². The standard InChI is InChI=1S/C11H21NO2/c1-8(2)4-5-9-6-7-10(12-9)11(13)14-3/h8-10,12H,4-7H2,1-3H3/t9-,10-/m0/s1. The highest BCUT2D eigenvalue weighted by Gasteiger charge is 2.29. The minimum absolute atomic E-state index is 0.0582. The van der Waals surface area contributed by atoms with Crippen molar-refractivity contribution in [3.05, 3.63) is 0 Å². The van der Waals surface area contributed by atoms with E-state index in [0.717, 1.165) is 18.8 Å². The first-order valence-electron chi connectivity index (χ1n) is 5.47. The molecule has 0 radical (unpaired) electrons. The Bertz CT molecular complexity index is 192. The van der Waals surface area contributed by atoms with Crippen LogP contribution in [0.15, 0.2) is 0 Å². The summed E-state index contributed by atoms with van der Waals surface area (Å²) in [6, 6.07) is 0.457. The van der Waals surface area contributed by atoms with Gasteiger partial charge in [-0.2, -0.15) is 0 Å². The fraction of sp³-hybridized carbons (Fsp3) is 0.909. The van der Waals surface area contributed by atoms with Gasteiger partial charge in [0, 0.05) is 6.04 Å². The van der Waals surface area contributed by atoms with Gasteiger partial charge in [-0.25, -0.2) is 0 Å². The average molecular weight is 199 g/mol. The van der Waals surface area contributed by atoms with Crippen molar-refractivity contribution in [2.24, 2.45) is 5.92 Å². The molecule has 0 unspecified atom stereocenters. The van der Waals surface area contributed by atoms with Gasteiger partial charge in [-0.1, -0.05) is 13.8 Å². The number of hydrogen-bond acceptors (Lipinski definition) is 3. The number of carbonyl (C=O) groups is 1. The zero-order chi connectivity index (χ0) is 10.6. The van der Waals surface area contributed by atoms with Crippen molar-refractivity contribution in [2.45, 2.75) is 51.6 Å². The largest absolute Gasteiger partial charge is 0.468 e. The SMILES string of the molecule is COC(=O)[C@@H]1CC[C@H](CCC(C)C)N1. The molecule has 3 nitrogen and oxygen atoms in total. The normalized spacial score (nSPS) is 26.9. The summed E-state index contributed by atoms with van der Waals surface area (Å²) in [6.45, 7) is 4.46. The predicted octanol–water partition coefficient (Wildman–Crippen LogP) is 1.72. The Labute approximate surface area is 86.2 Å². The van der Waals surface area contributed by atoms with Gasteiger partial charge in [0.1, 0.15) is 6.04 Å². The van der Waals surface area contributed by atoms with Crippen LogP contribution in [0.25, 0.3) is 0 Å². The van der Waals surface area contributed by atoms with E-state index in [1.54, 1.807) is 0 Å². The van der Waals surface area contributed by atoms with Crippen LogP contribution in [0.4, 0.5) is 0 Å². The first-order chi connectivity index (χ1) is 6.63. The highest BCUT2D eigenvalue weighted by atomic mass is 16.5. The number of nitrogens with one attached hydrogen (secondary N) is 1. The highest BCUT2D eigenvalue weighted by molar-refractivity contribution is 5.76. The number of rotatable bonds is 4. The summed E-state index contributed by atoms with van der Waals surface area (Å²) in [5, 5.41) is 3.32. The third-order valence-corrected chi connectivity index (χ3v) is 2.82. The molecule has 3 heteroatoms. The average Bonchev–Trinajstić information content (AvgIpc) is 2.62. The summed E-state index contributed by atoms with van der Waals surface area (Å²) < 4.78 is 4.71. The number of methoxy groups -OCH3 is 1. The Morgan fingerprint density at radius 2 is 2.21 bits per heavy atom. The fourth-order valence-corrected chi connectivity index (χ4v) is 1.91. The molecule has 14 heavy (non-hydrogen) atoms. The summed E-state index contributed by atoms with van der Waals surface area (Å²) >= 11 is 0. The van der Waals surface area contributed by atoms with Gasteiger partial charge >= 0.3 is 5.97 Å². The van der Waals surface area contributed by atoms with Crippen LogP contribution in [-0.4, -0.2) is 25.2 Å². The molecule has 0 amide bonds. The lowest BCUT2D eigenvalue weighted by atomic mass is 10.0. The second-order valence-corrected chi connectivity index (χ2v) is 4.49. The first kappa shape index (κ1) is 11.5. The Morgan fingerprint density at radius 3 is 2.79 bits per heavy atom. The zero-order valence-corrected chi connectivity index (χ0v) is 9.38. The molecule has 1 aliphatic rings. The van der Waals surface area contributed by atoms with Crippen LogP contribution < -0.4 is 5.32 Å². The maximum absolute atomic E-state index is 11.2. The fourth-order valence-electron chi connectivity index (χ4n) is 1.91. The number of hydrogen-bond donors (Lipinski definition) is 1. The number of esters is 1. The van der Waals surface area contributed by atoms with Crippen molar-refractivity contribution in [1.29, 1.82) is 0 Å². The molecule has 0 aromatic rings. The Hall–Kier alpha value is -0.570. The van der Waals surface area contributed by atoms with Crippen LogP contribution in [0.2, 0.25) is 0 Å². The van der Waals surface area contributed by atoms with E-state index in [0.29, 0.717) is 6.04 Å². The molecule has 0 aromatic heterocycles. The minimum atomic E-state index is -0.114. The molecule has 1 aliphatic heterocycles. The van der Waals surface area contributed by atoms with Crippen molar-refractivity contribution in [1.82, 2.24) is 5.32 Å². The molecule has 82 valence electrons. The van der Waals surface area contributed by atoms with Gasteiger partial charge in [0.2, 0.25) is 0 Å². The van der Waals surface area contributed by atoms with Gasteiger partial charge in [-0.05, 0) is 31.6 Å². The highest BCUT2D eigenvalue weighted by Crippen LogP contribution is 2.19. The van der Waals surface area contributed by atoms with E-state index >= 15 is 0 Å². The van der Waals surface area contributed by atoms with Crippen molar-refractivity contribution in [3.63, 3.8) is 0 Å². The summed E-state index contributed by atoms with van der Waals surface area (Å²) in [7, 11) is 1.45. The van der Waals surface area contributed by atoms with Gasteiger partial charge in [-0.15, -0.1) is 0 Å². The Balaban J connectivity index is 2.23. The molecule has 1 fully saturated rings. The van der Waals surface area contributed by atoms with E-state index < -0.39 is 0 Å². The predicted molar refractivity (Wildman–Crippen MR) is 56.0 cm³/mol. The van der Waals surface area contributed by atoms with E-state index in [-0.39, 0.29) is 12.0 Å². The van der Waals surface area contributed by atoms with Crippen molar-refractivity contribution < 1.29 is 9.53 Å². The summed E-state index contributed by atoms with van der Waals surface area (Å²) in [4.78, 5) is 11.2. The maximum Gasteiger partial charge on any atom is 0.322 e. The van der Waals surface area contributed by atoms with Gasteiger partial charge < -0.3 is 10.1 Å². The van der Waals surface area contributed by atoms with Gasteiger partial charge in [0.15, 0.2) is 0 Å². The van der Waals surface area contributed by atoms with Crippen LogP contribution in [0.5, 0.6) is 0 Å². The lowest BCUT2D eigenvalue weighted by molar-refractivity contribution is -0.142. The van der Waals surface area contributed by atoms with Gasteiger partial charge in [0.25, 0.3) is 0 Å². The summed E-state index contributed by atoms with van der Waals surface area (Å²) in [6.07, 6.45) is 4.43. The smallest absolute Gasteiger partial charge is 0.322 e. The molecule has 0 aromatic carbocycles. The molecule has 1 N–H and O–H groups in total. The number of ether oxygens (including phenoxy) is 1. The molecule has 2 atom stereocenters. The molecule has 1 heterocycles. The quantitative estimate of drug-likeness (QED) is 0.701. The van der Waals surface area contributed by atoms with Gasteiger partial charge in [0.05, 0.1) is 7.11 Å². The second kappa shape index (κ2) is 5.35. The van der Waals surface area contributed by atoms with Crippen LogP contribution in [-0.2, 0) is 9.53 Å². The van der Waals surface area contributed by atoms with Crippen LogP contribution in [0.1, 0.15) is 39.5 Å². The van der Waals surface area contributed by atoms with E-state index in [9.17, 15) is 4.79 Å². The summed E-state index contributed by atoms with van der Waals surface area (Å²) in [5.41, 5.74) is 0. The zero-order valence-electron chi connectivity index (χ0n) is 9.38. The van der Waals surface area contributed by atoms with E-state index in [2.05, 4.69) is 19.2 Å². The number of carbonyl (C=O) groups excluding carboxylic acids is 1.